The quantitative estimate of drug-likeness (QED) is 0.786. The molecule has 110 valence electrons. The van der Waals surface area contributed by atoms with Gasteiger partial charge in [-0.05, 0) is 52.3 Å². The molecular weight excluding hydrogens is 349 g/mol. The zero-order valence-corrected chi connectivity index (χ0v) is 12.1. The predicted octanol–water partition coefficient (Wildman–Crippen LogP) is 4.30. The van der Waals surface area contributed by atoms with Gasteiger partial charge >= 0.3 is 6.18 Å². The molecule has 2 rings (SSSR count). The number of carbonyl (C=O) groups is 1. The van der Waals surface area contributed by atoms with E-state index in [0.29, 0.717) is 15.8 Å². The summed E-state index contributed by atoms with van der Waals surface area (Å²) >= 11 is 3.21. The molecule has 0 saturated carbocycles. The van der Waals surface area contributed by atoms with Gasteiger partial charge in [-0.25, -0.2) is 0 Å². The van der Waals surface area contributed by atoms with Gasteiger partial charge in [0.25, 0.3) is 5.91 Å². The van der Waals surface area contributed by atoms with Crippen LogP contribution in [0.15, 0.2) is 46.9 Å². The number of nitrogen functional groups attached to an aromatic ring is 1. The highest BCUT2D eigenvalue weighted by Gasteiger charge is 2.30. The van der Waals surface area contributed by atoms with Crippen LogP contribution in [0.5, 0.6) is 0 Å². The second-order valence-electron chi connectivity index (χ2n) is 4.27. The van der Waals surface area contributed by atoms with E-state index in [1.54, 1.807) is 12.1 Å². The normalized spacial score (nSPS) is 11.2. The number of hydrogen-bond acceptors (Lipinski definition) is 2. The molecule has 0 heterocycles. The number of benzene rings is 2. The molecular formula is C14H10BrF3N2O. The summed E-state index contributed by atoms with van der Waals surface area (Å²) < 4.78 is 38.5. The molecule has 0 aliphatic rings. The summed E-state index contributed by atoms with van der Waals surface area (Å²) in [5.41, 5.74) is 5.54. The lowest BCUT2D eigenvalue weighted by Crippen LogP contribution is -2.14. The van der Waals surface area contributed by atoms with Crippen LogP contribution in [0.1, 0.15) is 15.9 Å². The Bertz CT molecular complexity index is 686. The molecule has 1 amide bonds. The van der Waals surface area contributed by atoms with Crippen molar-refractivity contribution in [3.05, 3.63) is 58.1 Å². The van der Waals surface area contributed by atoms with Gasteiger partial charge in [0, 0.05) is 21.4 Å². The fourth-order valence-electron chi connectivity index (χ4n) is 1.66. The van der Waals surface area contributed by atoms with Crippen molar-refractivity contribution in [1.82, 2.24) is 0 Å². The lowest BCUT2D eigenvalue weighted by atomic mass is 10.1. The lowest BCUT2D eigenvalue weighted by Gasteiger charge is -2.10. The van der Waals surface area contributed by atoms with Crippen LogP contribution in [0.3, 0.4) is 0 Å². The third-order valence-corrected chi connectivity index (χ3v) is 3.43. The first-order valence-electron chi connectivity index (χ1n) is 5.81. The van der Waals surface area contributed by atoms with Gasteiger partial charge in [-0.15, -0.1) is 0 Å². The Labute approximate surface area is 127 Å². The maximum Gasteiger partial charge on any atom is 0.416 e. The number of alkyl halides is 3. The van der Waals surface area contributed by atoms with E-state index in [4.69, 9.17) is 5.73 Å². The maximum atomic E-state index is 12.6. The molecule has 0 atom stereocenters. The molecule has 0 unspecified atom stereocenters. The van der Waals surface area contributed by atoms with Gasteiger partial charge in [-0.3, -0.25) is 4.79 Å². The fraction of sp³-hybridized carbons (Fsp3) is 0.0714. The Balaban J connectivity index is 2.22. The topological polar surface area (TPSA) is 55.1 Å². The van der Waals surface area contributed by atoms with E-state index < -0.39 is 17.6 Å². The van der Waals surface area contributed by atoms with E-state index in [0.717, 1.165) is 12.1 Å². The predicted molar refractivity (Wildman–Crippen MR) is 78.0 cm³/mol. The van der Waals surface area contributed by atoms with Crippen LogP contribution in [0.4, 0.5) is 24.5 Å². The highest BCUT2D eigenvalue weighted by Crippen LogP contribution is 2.30. The Morgan fingerprint density at radius 3 is 2.48 bits per heavy atom. The van der Waals surface area contributed by atoms with Crippen molar-refractivity contribution >= 4 is 33.2 Å². The number of nitrogens with one attached hydrogen (secondary N) is 1. The zero-order valence-electron chi connectivity index (χ0n) is 10.5. The van der Waals surface area contributed by atoms with Crippen molar-refractivity contribution in [1.29, 1.82) is 0 Å². The summed E-state index contributed by atoms with van der Waals surface area (Å²) in [6.07, 6.45) is -4.49. The second-order valence-corrected chi connectivity index (χ2v) is 5.12. The first-order chi connectivity index (χ1) is 9.77. The van der Waals surface area contributed by atoms with Crippen LogP contribution in [-0.4, -0.2) is 5.91 Å². The molecule has 0 bridgehead atoms. The Morgan fingerprint density at radius 1 is 1.14 bits per heavy atom. The van der Waals surface area contributed by atoms with Gasteiger partial charge in [-0.1, -0.05) is 6.07 Å². The van der Waals surface area contributed by atoms with E-state index in [1.807, 2.05) is 0 Å². The number of nitrogens with two attached hydrogens (primary N) is 1. The summed E-state index contributed by atoms with van der Waals surface area (Å²) in [5, 5.41) is 2.50. The van der Waals surface area contributed by atoms with E-state index in [-0.39, 0.29) is 5.56 Å². The maximum absolute atomic E-state index is 12.6. The summed E-state index contributed by atoms with van der Waals surface area (Å²) in [5.74, 6) is -0.636. The molecule has 0 spiro atoms. The molecule has 2 aromatic rings. The van der Waals surface area contributed by atoms with E-state index in [2.05, 4.69) is 21.2 Å². The molecule has 0 aliphatic carbocycles. The van der Waals surface area contributed by atoms with E-state index in [1.165, 1.54) is 18.2 Å². The fourth-order valence-corrected chi connectivity index (χ4v) is 1.91. The molecule has 0 aliphatic heterocycles. The molecule has 0 radical (unpaired) electrons. The molecule has 3 nitrogen and oxygen atoms in total. The van der Waals surface area contributed by atoms with Crippen LogP contribution < -0.4 is 11.1 Å². The standard InChI is InChI=1S/C14H10BrF3N2O/c15-11-5-4-10(7-12(11)19)20-13(21)8-2-1-3-9(6-8)14(16,17)18/h1-7H,19H2,(H,20,21). The minimum atomic E-state index is -4.49. The molecule has 0 fully saturated rings. The van der Waals surface area contributed by atoms with Crippen LogP contribution in [0.25, 0.3) is 0 Å². The first-order valence-corrected chi connectivity index (χ1v) is 6.60. The molecule has 0 aromatic heterocycles. The van der Waals surface area contributed by atoms with Gasteiger partial charge in [0.15, 0.2) is 0 Å². The van der Waals surface area contributed by atoms with Gasteiger partial charge in [0.2, 0.25) is 0 Å². The zero-order chi connectivity index (χ0) is 15.6. The highest BCUT2D eigenvalue weighted by atomic mass is 79.9. The minimum absolute atomic E-state index is 0.0775. The SMILES string of the molecule is Nc1cc(NC(=O)c2cccc(C(F)(F)F)c2)ccc1Br. The largest absolute Gasteiger partial charge is 0.416 e. The highest BCUT2D eigenvalue weighted by molar-refractivity contribution is 9.10. The summed E-state index contributed by atoms with van der Waals surface area (Å²) in [7, 11) is 0. The van der Waals surface area contributed by atoms with Crippen molar-refractivity contribution in [2.75, 3.05) is 11.1 Å². The Morgan fingerprint density at radius 2 is 1.86 bits per heavy atom. The smallest absolute Gasteiger partial charge is 0.398 e. The van der Waals surface area contributed by atoms with Gasteiger partial charge < -0.3 is 11.1 Å². The summed E-state index contributed by atoms with van der Waals surface area (Å²) in [6, 6.07) is 8.95. The van der Waals surface area contributed by atoms with Crippen molar-refractivity contribution in [2.45, 2.75) is 6.18 Å². The van der Waals surface area contributed by atoms with Crippen molar-refractivity contribution in [3.63, 3.8) is 0 Å². The van der Waals surface area contributed by atoms with E-state index in [9.17, 15) is 18.0 Å². The number of halogens is 4. The molecule has 0 saturated heterocycles. The van der Waals surface area contributed by atoms with Crippen LogP contribution in [0.2, 0.25) is 0 Å². The Kier molecular flexibility index (Phi) is 4.22. The van der Waals surface area contributed by atoms with Crippen LogP contribution in [-0.2, 0) is 6.18 Å². The lowest BCUT2D eigenvalue weighted by molar-refractivity contribution is -0.137. The van der Waals surface area contributed by atoms with Crippen molar-refractivity contribution < 1.29 is 18.0 Å². The van der Waals surface area contributed by atoms with E-state index >= 15 is 0 Å². The third-order valence-electron chi connectivity index (χ3n) is 2.71. The molecule has 21 heavy (non-hydrogen) atoms. The molecule has 2 aromatic carbocycles. The van der Waals surface area contributed by atoms with Crippen LogP contribution >= 0.6 is 15.9 Å². The van der Waals surface area contributed by atoms with Gasteiger partial charge in [-0.2, -0.15) is 13.2 Å². The number of hydrogen-bond donors (Lipinski definition) is 2. The van der Waals surface area contributed by atoms with Crippen LogP contribution in [0, 0.1) is 0 Å². The average molecular weight is 359 g/mol. The molecule has 7 heteroatoms. The summed E-state index contributed by atoms with van der Waals surface area (Å²) in [6.45, 7) is 0. The third kappa shape index (κ3) is 3.75. The number of rotatable bonds is 2. The summed E-state index contributed by atoms with van der Waals surface area (Å²) in [4.78, 5) is 12.0. The van der Waals surface area contributed by atoms with Gasteiger partial charge in [0.1, 0.15) is 0 Å². The first kappa shape index (κ1) is 15.4. The van der Waals surface area contributed by atoms with Gasteiger partial charge in [0.05, 0.1) is 5.56 Å². The number of amides is 1. The number of carbonyl (C=O) groups excluding carboxylic acids is 1. The second kappa shape index (κ2) is 5.77. The Hall–Kier alpha value is -2.02. The number of anilines is 2. The minimum Gasteiger partial charge on any atom is -0.398 e. The monoisotopic (exact) mass is 358 g/mol. The van der Waals surface area contributed by atoms with Crippen molar-refractivity contribution in [3.8, 4) is 0 Å². The average Bonchev–Trinajstić information content (AvgIpc) is 2.42. The molecule has 3 N–H and O–H groups in total. The van der Waals surface area contributed by atoms with Crippen molar-refractivity contribution in [2.24, 2.45) is 0 Å².